The van der Waals surface area contributed by atoms with Gasteiger partial charge in [-0.3, -0.25) is 9.59 Å². The van der Waals surface area contributed by atoms with E-state index in [1.807, 2.05) is 6.92 Å². The van der Waals surface area contributed by atoms with Crippen molar-refractivity contribution < 1.29 is 14.3 Å². The highest BCUT2D eigenvalue weighted by molar-refractivity contribution is 5.72. The molecule has 4 heteroatoms. The molecule has 0 aliphatic heterocycles. The quantitative estimate of drug-likeness (QED) is 0.413. The Balaban J connectivity index is 3.35. The molecule has 0 bridgehead atoms. The van der Waals surface area contributed by atoms with Crippen molar-refractivity contribution in [3.05, 3.63) is 0 Å². The molecule has 0 aliphatic carbocycles. The van der Waals surface area contributed by atoms with E-state index in [2.05, 4.69) is 12.2 Å². The summed E-state index contributed by atoms with van der Waals surface area (Å²) in [5, 5.41) is 2.78. The second-order valence-electron chi connectivity index (χ2n) is 5.80. The van der Waals surface area contributed by atoms with Gasteiger partial charge in [0.25, 0.3) is 0 Å². The fourth-order valence-corrected chi connectivity index (χ4v) is 2.21. The van der Waals surface area contributed by atoms with E-state index in [-0.39, 0.29) is 18.0 Å². The number of esters is 1. The van der Waals surface area contributed by atoms with Crippen molar-refractivity contribution in [3.8, 4) is 0 Å². The van der Waals surface area contributed by atoms with Crippen LogP contribution in [0.25, 0.3) is 0 Å². The van der Waals surface area contributed by atoms with Crippen molar-refractivity contribution >= 4 is 11.9 Å². The number of hydrogen-bond donors (Lipinski definition) is 1. The maximum atomic E-state index is 11.6. The van der Waals surface area contributed by atoms with E-state index in [0.29, 0.717) is 6.42 Å². The monoisotopic (exact) mass is 299 g/mol. The second-order valence-corrected chi connectivity index (χ2v) is 5.80. The Morgan fingerprint density at radius 3 is 2.33 bits per heavy atom. The van der Waals surface area contributed by atoms with E-state index < -0.39 is 0 Å². The van der Waals surface area contributed by atoms with Gasteiger partial charge >= 0.3 is 5.97 Å². The van der Waals surface area contributed by atoms with E-state index in [4.69, 9.17) is 4.74 Å². The molecule has 0 saturated carbocycles. The summed E-state index contributed by atoms with van der Waals surface area (Å²) in [5.74, 6) is -0.0250. The summed E-state index contributed by atoms with van der Waals surface area (Å²) in [4.78, 5) is 22.3. The first-order chi connectivity index (χ1) is 10.1. The molecule has 0 radical (unpaired) electrons. The highest BCUT2D eigenvalue weighted by Crippen LogP contribution is 2.10. The van der Waals surface area contributed by atoms with Crippen LogP contribution in [0.15, 0.2) is 0 Å². The molecule has 1 amide bonds. The van der Waals surface area contributed by atoms with Crippen LogP contribution in [-0.4, -0.2) is 24.5 Å². The molecule has 124 valence electrons. The summed E-state index contributed by atoms with van der Waals surface area (Å²) in [6.07, 6.45) is 10.3. The van der Waals surface area contributed by atoms with Crippen molar-refractivity contribution in [2.75, 3.05) is 6.54 Å². The first-order valence-corrected chi connectivity index (χ1v) is 8.50. The zero-order valence-electron chi connectivity index (χ0n) is 14.1. The molecular weight excluding hydrogens is 266 g/mol. The molecule has 0 aromatic carbocycles. The van der Waals surface area contributed by atoms with Gasteiger partial charge < -0.3 is 10.1 Å². The summed E-state index contributed by atoms with van der Waals surface area (Å²) in [5.41, 5.74) is 0. The van der Waals surface area contributed by atoms with Crippen molar-refractivity contribution in [3.63, 3.8) is 0 Å². The Bertz CT molecular complexity index is 279. The Hall–Kier alpha value is -1.06. The standard InChI is InChI=1S/C17H33NO3/c1-4-5-9-12-15(2)21-17(20)13-10-7-6-8-11-14-18-16(3)19/h15H,4-14H2,1-3H3,(H,18,19). The second kappa shape index (κ2) is 13.9. The molecular formula is C17H33NO3. The van der Waals surface area contributed by atoms with Gasteiger partial charge in [0.2, 0.25) is 5.91 Å². The Kier molecular flexibility index (Phi) is 13.2. The predicted molar refractivity (Wildman–Crippen MR) is 86.1 cm³/mol. The summed E-state index contributed by atoms with van der Waals surface area (Å²) >= 11 is 0. The van der Waals surface area contributed by atoms with Gasteiger partial charge in [0.15, 0.2) is 0 Å². The zero-order chi connectivity index (χ0) is 15.9. The maximum absolute atomic E-state index is 11.6. The molecule has 4 nitrogen and oxygen atoms in total. The maximum Gasteiger partial charge on any atom is 0.306 e. The van der Waals surface area contributed by atoms with Crippen LogP contribution in [0.5, 0.6) is 0 Å². The minimum absolute atomic E-state index is 0.0331. The predicted octanol–water partition coefficient (Wildman–Crippen LogP) is 3.98. The third-order valence-corrected chi connectivity index (χ3v) is 3.48. The highest BCUT2D eigenvalue weighted by atomic mass is 16.5. The molecule has 0 spiro atoms. The molecule has 0 aliphatic rings. The number of hydrogen-bond acceptors (Lipinski definition) is 3. The van der Waals surface area contributed by atoms with Crippen LogP contribution in [0.4, 0.5) is 0 Å². The number of carbonyl (C=O) groups is 2. The lowest BCUT2D eigenvalue weighted by Crippen LogP contribution is -2.20. The van der Waals surface area contributed by atoms with Crippen LogP contribution < -0.4 is 5.32 Å². The lowest BCUT2D eigenvalue weighted by molar-refractivity contribution is -0.148. The van der Waals surface area contributed by atoms with Gasteiger partial charge in [0, 0.05) is 19.9 Å². The van der Waals surface area contributed by atoms with Gasteiger partial charge in [-0.15, -0.1) is 0 Å². The Morgan fingerprint density at radius 1 is 1.00 bits per heavy atom. The summed E-state index contributed by atoms with van der Waals surface area (Å²) in [6, 6.07) is 0. The summed E-state index contributed by atoms with van der Waals surface area (Å²) in [7, 11) is 0. The number of ether oxygens (including phenoxy) is 1. The molecule has 0 saturated heterocycles. The third-order valence-electron chi connectivity index (χ3n) is 3.48. The summed E-state index contributed by atoms with van der Waals surface area (Å²) in [6.45, 7) is 6.45. The van der Waals surface area contributed by atoms with Crippen LogP contribution in [0.2, 0.25) is 0 Å². The molecule has 0 aromatic heterocycles. The number of amides is 1. The first kappa shape index (κ1) is 19.9. The van der Waals surface area contributed by atoms with Crippen LogP contribution >= 0.6 is 0 Å². The topological polar surface area (TPSA) is 55.4 Å². The van der Waals surface area contributed by atoms with Gasteiger partial charge in [-0.1, -0.05) is 39.0 Å². The van der Waals surface area contributed by atoms with Gasteiger partial charge in [0.1, 0.15) is 0 Å². The summed E-state index contributed by atoms with van der Waals surface area (Å²) < 4.78 is 5.38. The molecule has 0 heterocycles. The Labute approximate surface area is 130 Å². The SMILES string of the molecule is CCCCCC(C)OC(=O)CCCCCCCNC(C)=O. The van der Waals surface area contributed by atoms with Crippen LogP contribution in [0.3, 0.4) is 0 Å². The van der Waals surface area contributed by atoms with Gasteiger partial charge in [-0.05, 0) is 32.6 Å². The van der Waals surface area contributed by atoms with E-state index in [9.17, 15) is 9.59 Å². The first-order valence-electron chi connectivity index (χ1n) is 8.50. The van der Waals surface area contributed by atoms with Gasteiger partial charge in [0.05, 0.1) is 6.10 Å². The van der Waals surface area contributed by atoms with E-state index in [1.165, 1.54) is 19.8 Å². The third kappa shape index (κ3) is 15.2. The van der Waals surface area contributed by atoms with E-state index in [1.54, 1.807) is 0 Å². The Morgan fingerprint density at radius 2 is 1.67 bits per heavy atom. The minimum Gasteiger partial charge on any atom is -0.463 e. The van der Waals surface area contributed by atoms with E-state index in [0.717, 1.165) is 51.5 Å². The molecule has 21 heavy (non-hydrogen) atoms. The van der Waals surface area contributed by atoms with Crippen LogP contribution in [0.1, 0.15) is 85.0 Å². The number of nitrogens with one attached hydrogen (secondary N) is 1. The molecule has 1 N–H and O–H groups in total. The lowest BCUT2D eigenvalue weighted by Gasteiger charge is -2.12. The largest absolute Gasteiger partial charge is 0.463 e. The molecule has 1 atom stereocenters. The van der Waals surface area contributed by atoms with Gasteiger partial charge in [-0.25, -0.2) is 0 Å². The fraction of sp³-hybridized carbons (Fsp3) is 0.882. The smallest absolute Gasteiger partial charge is 0.306 e. The van der Waals surface area contributed by atoms with Crippen molar-refractivity contribution in [1.29, 1.82) is 0 Å². The average molecular weight is 299 g/mol. The zero-order valence-corrected chi connectivity index (χ0v) is 14.1. The number of unbranched alkanes of at least 4 members (excludes halogenated alkanes) is 6. The van der Waals surface area contributed by atoms with Gasteiger partial charge in [-0.2, -0.15) is 0 Å². The van der Waals surface area contributed by atoms with E-state index >= 15 is 0 Å². The lowest BCUT2D eigenvalue weighted by atomic mass is 10.1. The van der Waals surface area contributed by atoms with Crippen molar-refractivity contribution in [1.82, 2.24) is 5.32 Å². The average Bonchev–Trinajstić information content (AvgIpc) is 2.41. The van der Waals surface area contributed by atoms with Crippen molar-refractivity contribution in [2.24, 2.45) is 0 Å². The van der Waals surface area contributed by atoms with Crippen molar-refractivity contribution in [2.45, 2.75) is 91.1 Å². The fourth-order valence-electron chi connectivity index (χ4n) is 2.21. The normalized spacial score (nSPS) is 12.0. The molecule has 0 rings (SSSR count). The molecule has 1 unspecified atom stereocenters. The van der Waals surface area contributed by atoms with Crippen LogP contribution in [0, 0.1) is 0 Å². The minimum atomic E-state index is -0.0581. The van der Waals surface area contributed by atoms with Crippen LogP contribution in [-0.2, 0) is 14.3 Å². The number of rotatable bonds is 13. The molecule has 0 aromatic rings. The highest BCUT2D eigenvalue weighted by Gasteiger charge is 2.08. The molecule has 0 fully saturated rings. The number of carbonyl (C=O) groups excluding carboxylic acids is 2.